The molecule has 326 valence electrons. The Morgan fingerprint density at radius 2 is 0.641 bits per heavy atom. The zero-order valence-corrected chi connectivity index (χ0v) is 39.4. The SMILES string of the molecule is CCc1cccc(CC)c1N=Cc1ccccc1Nc1c(CC)cc(-c2ccccc2-c2cc(CC)c(Nc3ccccc3C=Nc3c(CC)cccc3CC)c(CC)c2)cc1CC. The summed E-state index contributed by atoms with van der Waals surface area (Å²) in [5.41, 5.74) is 24.2. The molecule has 0 bridgehead atoms. The number of aryl methyl sites for hydroxylation is 8. The summed E-state index contributed by atoms with van der Waals surface area (Å²) in [5, 5.41) is 7.82. The number of anilines is 4. The van der Waals surface area contributed by atoms with Crippen molar-refractivity contribution in [3.63, 3.8) is 0 Å². The standard InChI is InChI=1S/C60H66N4/c1-9-41-27-23-28-42(10-2)57(41)61-39-49-25-17-21-33-55(49)63-59-45(13-5)35-51(36-46(59)14-6)53-31-19-20-32-54(53)52-37-47(15-7)60(48(16-8)38-52)64-56-34-22-18-26-50(56)40-62-58-43(11-3)29-24-30-44(58)12-4/h17-40,63-64H,9-16H2,1-8H3. The predicted molar refractivity (Wildman–Crippen MR) is 279 cm³/mol. The van der Waals surface area contributed by atoms with E-state index in [2.05, 4.69) is 199 Å². The third-order valence-corrected chi connectivity index (χ3v) is 12.7. The van der Waals surface area contributed by atoms with E-state index >= 15 is 0 Å². The minimum Gasteiger partial charge on any atom is -0.355 e. The fourth-order valence-corrected chi connectivity index (χ4v) is 9.02. The molecule has 7 aromatic rings. The van der Waals surface area contributed by atoms with Gasteiger partial charge in [0.15, 0.2) is 0 Å². The second kappa shape index (κ2) is 21.7. The molecule has 0 unspecified atom stereocenters. The van der Waals surface area contributed by atoms with Crippen molar-refractivity contribution in [1.82, 2.24) is 0 Å². The van der Waals surface area contributed by atoms with Crippen LogP contribution in [0.5, 0.6) is 0 Å². The first-order valence-electron chi connectivity index (χ1n) is 23.8. The lowest BCUT2D eigenvalue weighted by molar-refractivity contribution is 1.08. The Morgan fingerprint density at radius 3 is 0.953 bits per heavy atom. The summed E-state index contributed by atoms with van der Waals surface area (Å²) < 4.78 is 0. The summed E-state index contributed by atoms with van der Waals surface area (Å²) in [6, 6.07) is 48.7. The van der Waals surface area contributed by atoms with E-state index in [0.717, 1.165) is 85.2 Å². The molecule has 0 amide bonds. The number of aliphatic imine (C=N–C) groups is 2. The van der Waals surface area contributed by atoms with Gasteiger partial charge in [-0.15, -0.1) is 0 Å². The molecular formula is C60H66N4. The van der Waals surface area contributed by atoms with Gasteiger partial charge in [-0.3, -0.25) is 9.98 Å². The van der Waals surface area contributed by atoms with E-state index in [1.54, 1.807) is 0 Å². The number of nitrogens with one attached hydrogen (secondary N) is 2. The van der Waals surface area contributed by atoms with Crippen molar-refractivity contribution in [2.24, 2.45) is 9.98 Å². The van der Waals surface area contributed by atoms with Gasteiger partial charge in [0.2, 0.25) is 0 Å². The Hall–Kier alpha value is -6.52. The Morgan fingerprint density at radius 1 is 0.344 bits per heavy atom. The average molecular weight is 843 g/mol. The molecule has 0 aliphatic rings. The maximum Gasteiger partial charge on any atom is 0.0693 e. The zero-order valence-electron chi connectivity index (χ0n) is 39.4. The van der Waals surface area contributed by atoms with Crippen molar-refractivity contribution in [2.75, 3.05) is 10.6 Å². The molecule has 0 heterocycles. The molecular weight excluding hydrogens is 777 g/mol. The van der Waals surface area contributed by atoms with Crippen LogP contribution < -0.4 is 10.6 Å². The quantitative estimate of drug-likeness (QED) is 0.0846. The van der Waals surface area contributed by atoms with Crippen LogP contribution >= 0.6 is 0 Å². The van der Waals surface area contributed by atoms with E-state index in [1.165, 1.54) is 78.1 Å². The average Bonchev–Trinajstić information content (AvgIpc) is 3.35. The number of hydrogen-bond donors (Lipinski definition) is 2. The highest BCUT2D eigenvalue weighted by atomic mass is 14.9. The van der Waals surface area contributed by atoms with Crippen molar-refractivity contribution in [3.05, 3.63) is 189 Å². The highest BCUT2D eigenvalue weighted by Gasteiger charge is 2.18. The second-order valence-corrected chi connectivity index (χ2v) is 16.5. The number of benzene rings is 7. The minimum atomic E-state index is 0.905. The van der Waals surface area contributed by atoms with E-state index in [0.29, 0.717) is 0 Å². The third-order valence-electron chi connectivity index (χ3n) is 12.7. The highest BCUT2D eigenvalue weighted by Crippen LogP contribution is 2.40. The van der Waals surface area contributed by atoms with Crippen molar-refractivity contribution in [3.8, 4) is 22.3 Å². The third kappa shape index (κ3) is 9.98. The largest absolute Gasteiger partial charge is 0.355 e. The molecule has 4 nitrogen and oxygen atoms in total. The van der Waals surface area contributed by atoms with Gasteiger partial charge in [-0.2, -0.15) is 0 Å². The van der Waals surface area contributed by atoms with Crippen LogP contribution in [0.15, 0.2) is 143 Å². The molecule has 0 radical (unpaired) electrons. The van der Waals surface area contributed by atoms with Crippen molar-refractivity contribution in [2.45, 2.75) is 107 Å². The molecule has 0 aliphatic heterocycles. The smallest absolute Gasteiger partial charge is 0.0693 e. The van der Waals surface area contributed by atoms with Crippen LogP contribution in [0, 0.1) is 0 Å². The molecule has 0 spiro atoms. The Labute approximate surface area is 383 Å². The first-order valence-corrected chi connectivity index (χ1v) is 23.8. The monoisotopic (exact) mass is 843 g/mol. The summed E-state index contributed by atoms with van der Waals surface area (Å²) in [4.78, 5) is 10.2. The van der Waals surface area contributed by atoms with Gasteiger partial charge >= 0.3 is 0 Å². The molecule has 0 aromatic heterocycles. The van der Waals surface area contributed by atoms with Gasteiger partial charge in [-0.25, -0.2) is 0 Å². The molecule has 7 rings (SSSR count). The van der Waals surface area contributed by atoms with Crippen LogP contribution in [0.25, 0.3) is 22.3 Å². The van der Waals surface area contributed by atoms with E-state index in [4.69, 9.17) is 9.98 Å². The molecule has 0 aliphatic carbocycles. The van der Waals surface area contributed by atoms with E-state index in [-0.39, 0.29) is 0 Å². The Kier molecular flexibility index (Phi) is 15.4. The Balaban J connectivity index is 1.23. The highest BCUT2D eigenvalue weighted by molar-refractivity contribution is 5.94. The number of rotatable bonds is 18. The molecule has 64 heavy (non-hydrogen) atoms. The first-order chi connectivity index (χ1) is 31.4. The van der Waals surface area contributed by atoms with E-state index in [9.17, 15) is 0 Å². The number of hydrogen-bond acceptors (Lipinski definition) is 4. The topological polar surface area (TPSA) is 48.8 Å². The van der Waals surface area contributed by atoms with Gasteiger partial charge in [-0.1, -0.05) is 152 Å². The van der Waals surface area contributed by atoms with E-state index < -0.39 is 0 Å². The van der Waals surface area contributed by atoms with Crippen LogP contribution in [0.2, 0.25) is 0 Å². The minimum absolute atomic E-state index is 0.905. The van der Waals surface area contributed by atoms with Crippen LogP contribution in [-0.2, 0) is 51.4 Å². The lowest BCUT2D eigenvalue weighted by atomic mass is 9.88. The molecule has 0 atom stereocenters. The van der Waals surface area contributed by atoms with Gasteiger partial charge in [0.05, 0.1) is 11.4 Å². The molecule has 0 fully saturated rings. The summed E-state index contributed by atoms with van der Waals surface area (Å²) >= 11 is 0. The normalized spacial score (nSPS) is 11.5. The fourth-order valence-electron chi connectivity index (χ4n) is 9.02. The van der Waals surface area contributed by atoms with Gasteiger partial charge in [0.1, 0.15) is 0 Å². The van der Waals surface area contributed by atoms with Gasteiger partial charge < -0.3 is 10.6 Å². The van der Waals surface area contributed by atoms with Gasteiger partial charge in [-0.05, 0) is 155 Å². The lowest BCUT2D eigenvalue weighted by Crippen LogP contribution is -2.04. The molecule has 0 saturated carbocycles. The molecule has 2 N–H and O–H groups in total. The van der Waals surface area contributed by atoms with Crippen molar-refractivity contribution >= 4 is 46.6 Å². The van der Waals surface area contributed by atoms with Gasteiger partial charge in [0, 0.05) is 46.3 Å². The zero-order chi connectivity index (χ0) is 45.0. The van der Waals surface area contributed by atoms with Gasteiger partial charge in [0.25, 0.3) is 0 Å². The summed E-state index contributed by atoms with van der Waals surface area (Å²) in [5.74, 6) is 0. The van der Waals surface area contributed by atoms with Crippen LogP contribution in [-0.4, -0.2) is 12.4 Å². The maximum absolute atomic E-state index is 5.11. The van der Waals surface area contributed by atoms with Crippen LogP contribution in [0.1, 0.15) is 111 Å². The van der Waals surface area contributed by atoms with E-state index in [1.807, 2.05) is 12.4 Å². The predicted octanol–water partition coefficient (Wildman–Crippen LogP) is 16.5. The van der Waals surface area contributed by atoms with Crippen molar-refractivity contribution < 1.29 is 0 Å². The second-order valence-electron chi connectivity index (χ2n) is 16.5. The number of nitrogens with zero attached hydrogens (tertiary/aromatic N) is 2. The fraction of sp³-hybridized carbons (Fsp3) is 0.267. The number of para-hydroxylation sites is 4. The summed E-state index contributed by atoms with van der Waals surface area (Å²) in [7, 11) is 0. The maximum atomic E-state index is 5.11. The lowest BCUT2D eigenvalue weighted by Gasteiger charge is -2.21. The first kappa shape index (κ1) is 45.5. The molecule has 4 heteroatoms. The Bertz CT molecular complexity index is 2490. The van der Waals surface area contributed by atoms with Crippen LogP contribution in [0.3, 0.4) is 0 Å². The van der Waals surface area contributed by atoms with Crippen LogP contribution in [0.4, 0.5) is 34.1 Å². The summed E-state index contributed by atoms with van der Waals surface area (Å²) in [6.07, 6.45) is 11.5. The molecule has 7 aromatic carbocycles. The molecule has 0 saturated heterocycles. The summed E-state index contributed by atoms with van der Waals surface area (Å²) in [6.45, 7) is 17.9. The van der Waals surface area contributed by atoms with Crippen molar-refractivity contribution in [1.29, 1.82) is 0 Å².